The van der Waals surface area contributed by atoms with Crippen LogP contribution in [0.2, 0.25) is 0 Å². The second kappa shape index (κ2) is 12.3. The molecular weight excluding hydrogens is 498 g/mol. The van der Waals surface area contributed by atoms with Crippen LogP contribution in [0, 0.1) is 5.92 Å². The summed E-state index contributed by atoms with van der Waals surface area (Å²) in [6.07, 6.45) is 2.47. The Morgan fingerprint density at radius 2 is 1.74 bits per heavy atom. The van der Waals surface area contributed by atoms with Crippen LogP contribution in [0.25, 0.3) is 0 Å². The van der Waals surface area contributed by atoms with Crippen molar-refractivity contribution in [3.8, 4) is 5.75 Å². The largest absolute Gasteiger partial charge is 0.492 e. The van der Waals surface area contributed by atoms with E-state index in [0.717, 1.165) is 23.0 Å². The minimum atomic E-state index is -4.03. The summed E-state index contributed by atoms with van der Waals surface area (Å²) < 4.78 is 34.2. The van der Waals surface area contributed by atoms with E-state index in [1.165, 1.54) is 30.7 Å². The fourth-order valence-electron chi connectivity index (χ4n) is 4.86. The standard InChI is InChI=1S/C30H37N3O4S/c1-4-37-29-15-9-8-14-28(29)33(38(35,36)27-12-6-5-7-13-27)22-30(34)31-24(3)25-16-18-26(19-17-25)32-20-10-11-23(2)21-32/h5-9,12-19,23-24H,4,10-11,20-22H2,1-3H3,(H,31,34). The maximum Gasteiger partial charge on any atom is 0.264 e. The lowest BCUT2D eigenvalue weighted by atomic mass is 9.99. The molecule has 0 aliphatic carbocycles. The normalized spacial score (nSPS) is 16.5. The number of sulfonamides is 1. The summed E-state index contributed by atoms with van der Waals surface area (Å²) in [4.78, 5) is 15.8. The maximum absolute atomic E-state index is 13.7. The predicted octanol–water partition coefficient (Wildman–Crippen LogP) is 5.39. The van der Waals surface area contributed by atoms with Crippen LogP contribution >= 0.6 is 0 Å². The molecule has 0 bridgehead atoms. The van der Waals surface area contributed by atoms with Crippen molar-refractivity contribution in [1.29, 1.82) is 0 Å². The van der Waals surface area contributed by atoms with Crippen LogP contribution < -0.4 is 19.3 Å². The zero-order valence-corrected chi connectivity index (χ0v) is 23.2. The quantitative estimate of drug-likeness (QED) is 0.376. The van der Waals surface area contributed by atoms with E-state index in [1.807, 2.05) is 26.0 Å². The van der Waals surface area contributed by atoms with Gasteiger partial charge >= 0.3 is 0 Å². The van der Waals surface area contributed by atoms with Gasteiger partial charge in [0.2, 0.25) is 5.91 Å². The van der Waals surface area contributed by atoms with E-state index < -0.39 is 15.9 Å². The van der Waals surface area contributed by atoms with Gasteiger partial charge in [-0.1, -0.05) is 49.4 Å². The highest BCUT2D eigenvalue weighted by atomic mass is 32.2. The molecule has 1 heterocycles. The Bertz CT molecular complexity index is 1310. The average Bonchev–Trinajstić information content (AvgIpc) is 2.93. The summed E-state index contributed by atoms with van der Waals surface area (Å²) >= 11 is 0. The van der Waals surface area contributed by atoms with Crippen LogP contribution in [0.15, 0.2) is 83.8 Å². The van der Waals surface area contributed by atoms with Crippen LogP contribution in [0.5, 0.6) is 5.75 Å². The molecule has 1 fully saturated rings. The van der Waals surface area contributed by atoms with Gasteiger partial charge in [0.25, 0.3) is 10.0 Å². The number of carbonyl (C=O) groups excluding carboxylic acids is 1. The molecule has 8 heteroatoms. The smallest absolute Gasteiger partial charge is 0.264 e. The first kappa shape index (κ1) is 27.5. The first-order valence-electron chi connectivity index (χ1n) is 13.2. The van der Waals surface area contributed by atoms with Crippen molar-refractivity contribution in [3.63, 3.8) is 0 Å². The fourth-order valence-corrected chi connectivity index (χ4v) is 6.31. The van der Waals surface area contributed by atoms with E-state index in [9.17, 15) is 13.2 Å². The lowest BCUT2D eigenvalue weighted by Crippen LogP contribution is -2.41. The molecule has 0 spiro atoms. The number of amides is 1. The molecule has 0 aromatic heterocycles. The molecule has 202 valence electrons. The Labute approximate surface area is 226 Å². The zero-order chi connectivity index (χ0) is 27.1. The van der Waals surface area contributed by atoms with Crippen molar-refractivity contribution in [3.05, 3.63) is 84.4 Å². The van der Waals surface area contributed by atoms with Crippen molar-refractivity contribution in [1.82, 2.24) is 5.32 Å². The molecule has 2 unspecified atom stereocenters. The van der Waals surface area contributed by atoms with Crippen LogP contribution in [0.3, 0.4) is 0 Å². The number of carbonyl (C=O) groups is 1. The van der Waals surface area contributed by atoms with E-state index >= 15 is 0 Å². The minimum Gasteiger partial charge on any atom is -0.492 e. The topological polar surface area (TPSA) is 79.0 Å². The molecule has 4 rings (SSSR count). The van der Waals surface area contributed by atoms with E-state index in [2.05, 4.69) is 29.3 Å². The molecule has 1 aliphatic heterocycles. The second-order valence-corrected chi connectivity index (χ2v) is 11.7. The molecule has 38 heavy (non-hydrogen) atoms. The van der Waals surface area contributed by atoms with Crippen molar-refractivity contribution in [2.45, 2.75) is 44.6 Å². The maximum atomic E-state index is 13.7. The van der Waals surface area contributed by atoms with Crippen molar-refractivity contribution < 1.29 is 17.9 Å². The molecule has 3 aromatic rings. The number of piperidine rings is 1. The van der Waals surface area contributed by atoms with Gasteiger partial charge in [-0.05, 0) is 74.6 Å². The highest BCUT2D eigenvalue weighted by molar-refractivity contribution is 7.92. The van der Waals surface area contributed by atoms with Gasteiger partial charge in [0.15, 0.2) is 0 Å². The first-order valence-corrected chi connectivity index (χ1v) is 14.7. The molecule has 1 aliphatic rings. The van der Waals surface area contributed by atoms with Crippen molar-refractivity contribution >= 4 is 27.3 Å². The number of hydrogen-bond acceptors (Lipinski definition) is 5. The Balaban J connectivity index is 1.53. The number of para-hydroxylation sites is 2. The van der Waals surface area contributed by atoms with Crippen LogP contribution in [0.1, 0.15) is 45.2 Å². The van der Waals surface area contributed by atoms with Gasteiger partial charge < -0.3 is 15.0 Å². The number of nitrogens with zero attached hydrogens (tertiary/aromatic N) is 2. The zero-order valence-electron chi connectivity index (χ0n) is 22.3. The SMILES string of the molecule is CCOc1ccccc1N(CC(=O)NC(C)c1ccc(N2CCCC(C)C2)cc1)S(=O)(=O)c1ccccc1. The second-order valence-electron chi connectivity index (χ2n) is 9.80. The third kappa shape index (κ3) is 6.48. The lowest BCUT2D eigenvalue weighted by molar-refractivity contribution is -0.120. The minimum absolute atomic E-state index is 0.106. The van der Waals surface area contributed by atoms with Crippen molar-refractivity contribution in [2.75, 3.05) is 35.4 Å². The summed E-state index contributed by atoms with van der Waals surface area (Å²) in [5, 5.41) is 2.98. The number of nitrogens with one attached hydrogen (secondary N) is 1. The van der Waals surface area contributed by atoms with Gasteiger partial charge in [0.1, 0.15) is 12.3 Å². The molecule has 2 atom stereocenters. The highest BCUT2D eigenvalue weighted by Crippen LogP contribution is 2.32. The molecule has 1 amide bonds. The Kier molecular flexibility index (Phi) is 8.94. The van der Waals surface area contributed by atoms with Crippen LogP contribution in [-0.2, 0) is 14.8 Å². The van der Waals surface area contributed by atoms with Crippen LogP contribution in [-0.4, -0.2) is 40.6 Å². The summed E-state index contributed by atoms with van der Waals surface area (Å²) in [6, 6.07) is 23.0. The molecular formula is C30H37N3O4S. The monoisotopic (exact) mass is 535 g/mol. The average molecular weight is 536 g/mol. The number of ether oxygens (including phenoxy) is 1. The third-order valence-electron chi connectivity index (χ3n) is 6.84. The van der Waals surface area contributed by atoms with Gasteiger partial charge in [0, 0.05) is 18.8 Å². The Morgan fingerprint density at radius 1 is 1.05 bits per heavy atom. The number of anilines is 2. The third-order valence-corrected chi connectivity index (χ3v) is 8.62. The Morgan fingerprint density at radius 3 is 2.42 bits per heavy atom. The molecule has 7 nitrogen and oxygen atoms in total. The molecule has 0 radical (unpaired) electrons. The molecule has 1 N–H and O–H groups in total. The predicted molar refractivity (Wildman–Crippen MR) is 152 cm³/mol. The van der Waals surface area contributed by atoms with E-state index in [-0.39, 0.29) is 17.5 Å². The van der Waals surface area contributed by atoms with Gasteiger partial charge in [-0.25, -0.2) is 8.42 Å². The molecule has 0 saturated carbocycles. The number of benzene rings is 3. The van der Waals surface area contributed by atoms with E-state index in [0.29, 0.717) is 24.0 Å². The lowest BCUT2D eigenvalue weighted by Gasteiger charge is -2.33. The van der Waals surface area contributed by atoms with Crippen molar-refractivity contribution in [2.24, 2.45) is 5.92 Å². The highest BCUT2D eigenvalue weighted by Gasteiger charge is 2.29. The Hall–Kier alpha value is -3.52. The van der Waals surface area contributed by atoms with E-state index in [4.69, 9.17) is 4.74 Å². The number of hydrogen-bond donors (Lipinski definition) is 1. The molecule has 3 aromatic carbocycles. The van der Waals surface area contributed by atoms with Gasteiger partial charge in [0.05, 0.1) is 23.2 Å². The summed E-state index contributed by atoms with van der Waals surface area (Å²) in [5.41, 5.74) is 2.46. The number of rotatable bonds is 10. The van der Waals surface area contributed by atoms with Gasteiger partial charge in [-0.2, -0.15) is 0 Å². The van der Waals surface area contributed by atoms with Crippen LogP contribution in [0.4, 0.5) is 11.4 Å². The van der Waals surface area contributed by atoms with Gasteiger partial charge in [-0.3, -0.25) is 9.10 Å². The first-order chi connectivity index (χ1) is 18.3. The van der Waals surface area contributed by atoms with E-state index in [1.54, 1.807) is 42.5 Å². The fraction of sp³-hybridized carbons (Fsp3) is 0.367. The summed E-state index contributed by atoms with van der Waals surface area (Å²) in [5.74, 6) is 0.680. The molecule has 1 saturated heterocycles. The summed E-state index contributed by atoms with van der Waals surface area (Å²) in [6.45, 7) is 8.12. The summed E-state index contributed by atoms with van der Waals surface area (Å²) in [7, 11) is -4.03. The van der Waals surface area contributed by atoms with Gasteiger partial charge in [-0.15, -0.1) is 0 Å².